The summed E-state index contributed by atoms with van der Waals surface area (Å²) >= 11 is 0. The van der Waals surface area contributed by atoms with E-state index in [0.29, 0.717) is 13.2 Å². The van der Waals surface area contributed by atoms with Gasteiger partial charge in [-0.15, -0.1) is 0 Å². The van der Waals surface area contributed by atoms with Gasteiger partial charge in [0.25, 0.3) is 0 Å². The Kier molecular flexibility index (Phi) is 5.13. The Hall–Kier alpha value is -1.17. The molecule has 106 valence electrons. The zero-order chi connectivity index (χ0) is 13.7. The first-order chi connectivity index (χ1) is 9.24. The number of hydrogen-bond donors (Lipinski definition) is 2. The van der Waals surface area contributed by atoms with Crippen molar-refractivity contribution in [2.45, 2.75) is 32.5 Å². The Morgan fingerprint density at radius 1 is 1.53 bits per heavy atom. The number of aromatic nitrogens is 1. The minimum absolute atomic E-state index is 0.0573. The summed E-state index contributed by atoms with van der Waals surface area (Å²) in [4.78, 5) is 6.72. The highest BCUT2D eigenvalue weighted by Crippen LogP contribution is 2.19. The van der Waals surface area contributed by atoms with Gasteiger partial charge >= 0.3 is 0 Å². The van der Waals surface area contributed by atoms with Crippen molar-refractivity contribution in [3.05, 3.63) is 23.9 Å². The van der Waals surface area contributed by atoms with Crippen molar-refractivity contribution in [1.29, 1.82) is 0 Å². The predicted molar refractivity (Wildman–Crippen MR) is 75.3 cm³/mol. The van der Waals surface area contributed by atoms with Crippen LogP contribution in [0.15, 0.2) is 18.3 Å². The van der Waals surface area contributed by atoms with Crippen molar-refractivity contribution in [2.75, 3.05) is 31.2 Å². The highest BCUT2D eigenvalue weighted by Gasteiger charge is 2.26. The maximum Gasteiger partial charge on any atom is 0.128 e. The van der Waals surface area contributed by atoms with Crippen molar-refractivity contribution in [1.82, 2.24) is 10.3 Å². The number of nitrogens with one attached hydrogen (secondary N) is 1. The molecular formula is C14H23N3O2. The molecule has 0 aliphatic carbocycles. The molecule has 0 bridgehead atoms. The minimum Gasteiger partial charge on any atom is -0.394 e. The van der Waals surface area contributed by atoms with Crippen LogP contribution in [0.1, 0.15) is 19.4 Å². The molecule has 0 amide bonds. The minimum atomic E-state index is -0.112. The largest absolute Gasteiger partial charge is 0.394 e. The van der Waals surface area contributed by atoms with Crippen LogP contribution in [0.3, 0.4) is 0 Å². The fourth-order valence-corrected chi connectivity index (χ4v) is 2.21. The molecule has 2 rings (SSSR count). The van der Waals surface area contributed by atoms with Gasteiger partial charge in [-0.05, 0) is 25.1 Å². The number of ether oxygens (including phenoxy) is 1. The zero-order valence-corrected chi connectivity index (χ0v) is 11.7. The molecule has 0 aromatic carbocycles. The number of rotatable bonds is 5. The van der Waals surface area contributed by atoms with Crippen molar-refractivity contribution < 1.29 is 9.84 Å². The number of aliphatic hydroxyl groups excluding tert-OH is 1. The monoisotopic (exact) mass is 265 g/mol. The molecule has 2 heterocycles. The first kappa shape index (κ1) is 14.2. The molecule has 0 saturated carbocycles. The van der Waals surface area contributed by atoms with Crippen LogP contribution in [0.2, 0.25) is 0 Å². The summed E-state index contributed by atoms with van der Waals surface area (Å²) in [6.07, 6.45) is 1.80. The third-order valence-corrected chi connectivity index (χ3v) is 3.39. The Bertz CT molecular complexity index is 383. The van der Waals surface area contributed by atoms with Gasteiger partial charge in [0.2, 0.25) is 0 Å². The highest BCUT2D eigenvalue weighted by atomic mass is 16.5. The second-order valence-corrected chi connectivity index (χ2v) is 4.94. The normalized spacial score (nSPS) is 23.6. The van der Waals surface area contributed by atoms with Gasteiger partial charge in [-0.3, -0.25) is 0 Å². The van der Waals surface area contributed by atoms with Crippen molar-refractivity contribution in [3.8, 4) is 0 Å². The number of anilines is 1. The number of morpholine rings is 1. The molecule has 0 spiro atoms. The first-order valence-electron chi connectivity index (χ1n) is 6.89. The smallest absolute Gasteiger partial charge is 0.128 e. The molecule has 1 aromatic rings. The van der Waals surface area contributed by atoms with Gasteiger partial charge in [0.05, 0.1) is 25.4 Å². The summed E-state index contributed by atoms with van der Waals surface area (Å²) in [6.45, 7) is 7.39. The van der Waals surface area contributed by atoms with E-state index < -0.39 is 0 Å². The van der Waals surface area contributed by atoms with Crippen molar-refractivity contribution >= 4 is 5.82 Å². The van der Waals surface area contributed by atoms with Crippen LogP contribution in [0, 0.1) is 0 Å². The van der Waals surface area contributed by atoms with Crippen LogP contribution in [-0.4, -0.2) is 48.5 Å². The summed E-state index contributed by atoms with van der Waals surface area (Å²) in [7, 11) is 0. The van der Waals surface area contributed by atoms with E-state index in [2.05, 4.69) is 35.1 Å². The summed E-state index contributed by atoms with van der Waals surface area (Å²) in [5, 5.41) is 12.5. The quantitative estimate of drug-likeness (QED) is 0.824. The Balaban J connectivity index is 2.03. The van der Waals surface area contributed by atoms with Crippen LogP contribution < -0.4 is 10.2 Å². The Morgan fingerprint density at radius 2 is 2.37 bits per heavy atom. The zero-order valence-electron chi connectivity index (χ0n) is 11.7. The lowest BCUT2D eigenvalue weighted by atomic mass is 10.2. The summed E-state index contributed by atoms with van der Waals surface area (Å²) in [5.74, 6) is 0.953. The van der Waals surface area contributed by atoms with E-state index in [1.165, 1.54) is 5.56 Å². The topological polar surface area (TPSA) is 57.6 Å². The van der Waals surface area contributed by atoms with Crippen LogP contribution in [-0.2, 0) is 11.3 Å². The maximum atomic E-state index is 9.20. The predicted octanol–water partition coefficient (Wildman–Crippen LogP) is 0.777. The third kappa shape index (κ3) is 3.65. The fraction of sp³-hybridized carbons (Fsp3) is 0.643. The second-order valence-electron chi connectivity index (χ2n) is 4.94. The average molecular weight is 265 g/mol. The standard InChI is InChI=1S/C14H23N3O2/c1-3-15-6-12-4-5-14(16-7-12)17-8-13(9-18)19-10-11(17)2/h4-5,7,11,13,15,18H,3,6,8-10H2,1-2H3. The van der Waals surface area contributed by atoms with E-state index in [-0.39, 0.29) is 18.8 Å². The lowest BCUT2D eigenvalue weighted by molar-refractivity contribution is -0.0105. The molecule has 1 fully saturated rings. The lowest BCUT2D eigenvalue weighted by Gasteiger charge is -2.38. The van der Waals surface area contributed by atoms with Gasteiger partial charge in [-0.1, -0.05) is 13.0 Å². The number of pyridine rings is 1. The highest BCUT2D eigenvalue weighted by molar-refractivity contribution is 5.41. The molecule has 5 heteroatoms. The van der Waals surface area contributed by atoms with Crippen LogP contribution in [0.5, 0.6) is 0 Å². The van der Waals surface area contributed by atoms with Gasteiger partial charge in [-0.25, -0.2) is 4.98 Å². The number of hydrogen-bond acceptors (Lipinski definition) is 5. The third-order valence-electron chi connectivity index (χ3n) is 3.39. The van der Waals surface area contributed by atoms with Gasteiger partial charge in [0.1, 0.15) is 5.82 Å². The lowest BCUT2D eigenvalue weighted by Crippen LogP contribution is -2.49. The molecule has 1 aromatic heterocycles. The molecule has 2 unspecified atom stereocenters. The summed E-state index contributed by atoms with van der Waals surface area (Å²) in [5.41, 5.74) is 1.19. The van der Waals surface area contributed by atoms with E-state index in [1.54, 1.807) is 0 Å². The maximum absolute atomic E-state index is 9.20. The number of aliphatic hydroxyl groups is 1. The Labute approximate surface area is 114 Å². The van der Waals surface area contributed by atoms with E-state index in [0.717, 1.165) is 18.9 Å². The second kappa shape index (κ2) is 6.84. The molecule has 0 radical (unpaired) electrons. The van der Waals surface area contributed by atoms with Gasteiger partial charge < -0.3 is 20.1 Å². The number of nitrogens with zero attached hydrogens (tertiary/aromatic N) is 2. The van der Waals surface area contributed by atoms with E-state index >= 15 is 0 Å². The average Bonchev–Trinajstić information content (AvgIpc) is 2.46. The van der Waals surface area contributed by atoms with Crippen LogP contribution in [0.25, 0.3) is 0 Å². The molecule has 2 N–H and O–H groups in total. The molecule has 2 atom stereocenters. The molecule has 1 aliphatic heterocycles. The van der Waals surface area contributed by atoms with E-state index in [4.69, 9.17) is 4.74 Å². The summed E-state index contributed by atoms with van der Waals surface area (Å²) in [6, 6.07) is 4.43. The Morgan fingerprint density at radius 3 is 3.00 bits per heavy atom. The molecule has 1 aliphatic rings. The van der Waals surface area contributed by atoms with Crippen LogP contribution >= 0.6 is 0 Å². The van der Waals surface area contributed by atoms with Gasteiger partial charge in [0, 0.05) is 19.3 Å². The molecule has 5 nitrogen and oxygen atoms in total. The molecule has 19 heavy (non-hydrogen) atoms. The SMILES string of the molecule is CCNCc1ccc(N2CC(CO)OCC2C)nc1. The van der Waals surface area contributed by atoms with E-state index in [9.17, 15) is 5.11 Å². The molecular weight excluding hydrogens is 242 g/mol. The summed E-state index contributed by atoms with van der Waals surface area (Å²) < 4.78 is 5.54. The van der Waals surface area contributed by atoms with Gasteiger partial charge in [0.15, 0.2) is 0 Å². The van der Waals surface area contributed by atoms with Crippen molar-refractivity contribution in [2.24, 2.45) is 0 Å². The first-order valence-corrected chi connectivity index (χ1v) is 6.89. The van der Waals surface area contributed by atoms with Gasteiger partial charge in [-0.2, -0.15) is 0 Å². The van der Waals surface area contributed by atoms with Crippen molar-refractivity contribution in [3.63, 3.8) is 0 Å². The fourth-order valence-electron chi connectivity index (χ4n) is 2.21. The van der Waals surface area contributed by atoms with Crippen LogP contribution in [0.4, 0.5) is 5.82 Å². The molecule has 1 saturated heterocycles. The van der Waals surface area contributed by atoms with E-state index in [1.807, 2.05) is 12.3 Å².